The molecule has 0 fully saturated rings. The molecule has 9 heteroatoms. The third kappa shape index (κ3) is 3.50. The maximum atomic E-state index is 12.9. The van der Waals surface area contributed by atoms with Crippen LogP contribution in [0.3, 0.4) is 0 Å². The van der Waals surface area contributed by atoms with Crippen molar-refractivity contribution >= 4 is 37.3 Å². The molecule has 28 heavy (non-hydrogen) atoms. The van der Waals surface area contributed by atoms with Gasteiger partial charge in [-0.2, -0.15) is 9.61 Å². The standard InChI is InChI=1S/C19H16BrN5O2S/c1-12-3-4-14(17-9-10-19-22-21-13(2)25(19)23-17)11-18(12)28(26,27)24-16-7-5-15(20)6-8-16/h3-11,24H,1-2H3. The number of aromatic nitrogens is 4. The molecule has 2 aromatic carbocycles. The summed E-state index contributed by atoms with van der Waals surface area (Å²) in [5, 5.41) is 12.5. The van der Waals surface area contributed by atoms with Gasteiger partial charge in [-0.15, -0.1) is 10.2 Å². The molecule has 0 unspecified atom stereocenters. The molecule has 0 radical (unpaired) electrons. The zero-order valence-corrected chi connectivity index (χ0v) is 17.5. The van der Waals surface area contributed by atoms with Crippen molar-refractivity contribution in [3.8, 4) is 11.3 Å². The van der Waals surface area contributed by atoms with Crippen molar-refractivity contribution in [2.45, 2.75) is 18.7 Å². The van der Waals surface area contributed by atoms with Crippen LogP contribution in [0, 0.1) is 13.8 Å². The first-order chi connectivity index (χ1) is 13.3. The van der Waals surface area contributed by atoms with E-state index in [4.69, 9.17) is 0 Å². The van der Waals surface area contributed by atoms with E-state index >= 15 is 0 Å². The van der Waals surface area contributed by atoms with E-state index in [0.717, 1.165) is 4.47 Å². The number of benzene rings is 2. The van der Waals surface area contributed by atoms with Gasteiger partial charge >= 0.3 is 0 Å². The van der Waals surface area contributed by atoms with Crippen LogP contribution in [0.25, 0.3) is 16.9 Å². The highest BCUT2D eigenvalue weighted by atomic mass is 79.9. The van der Waals surface area contributed by atoms with Crippen LogP contribution in [0.4, 0.5) is 5.69 Å². The molecule has 4 rings (SSSR count). The van der Waals surface area contributed by atoms with E-state index in [9.17, 15) is 8.42 Å². The van der Waals surface area contributed by atoms with Crippen LogP contribution in [-0.2, 0) is 10.0 Å². The zero-order valence-electron chi connectivity index (χ0n) is 15.1. The first-order valence-corrected chi connectivity index (χ1v) is 10.7. The topological polar surface area (TPSA) is 89.2 Å². The van der Waals surface area contributed by atoms with Crippen LogP contribution in [0.5, 0.6) is 0 Å². The number of halogens is 1. The molecule has 0 amide bonds. The molecule has 0 atom stereocenters. The Morgan fingerprint density at radius 2 is 1.71 bits per heavy atom. The molecule has 0 bridgehead atoms. The third-order valence-corrected chi connectivity index (χ3v) is 6.34. The van der Waals surface area contributed by atoms with Crippen LogP contribution >= 0.6 is 15.9 Å². The lowest BCUT2D eigenvalue weighted by Gasteiger charge is -2.12. The molecular weight excluding hydrogens is 442 g/mol. The SMILES string of the molecule is Cc1ccc(-c2ccc3nnc(C)n3n2)cc1S(=O)(=O)Nc1ccc(Br)cc1. The number of sulfonamides is 1. The largest absolute Gasteiger partial charge is 0.280 e. The van der Waals surface area contributed by atoms with Crippen LogP contribution in [0.2, 0.25) is 0 Å². The smallest absolute Gasteiger partial charge is 0.262 e. The molecule has 0 aliphatic carbocycles. The second-order valence-corrected chi connectivity index (χ2v) is 8.89. The second kappa shape index (κ2) is 6.99. The van der Waals surface area contributed by atoms with Crippen molar-refractivity contribution in [1.29, 1.82) is 0 Å². The molecule has 2 aromatic heterocycles. The fraction of sp³-hybridized carbons (Fsp3) is 0.105. The Morgan fingerprint density at radius 1 is 0.964 bits per heavy atom. The molecule has 0 aliphatic heterocycles. The van der Waals surface area contributed by atoms with E-state index in [0.29, 0.717) is 34.0 Å². The molecular formula is C19H16BrN5O2S. The Morgan fingerprint density at radius 3 is 2.46 bits per heavy atom. The number of anilines is 1. The van der Waals surface area contributed by atoms with Gasteiger partial charge in [-0.1, -0.05) is 28.1 Å². The van der Waals surface area contributed by atoms with E-state index in [-0.39, 0.29) is 4.90 Å². The van der Waals surface area contributed by atoms with Crippen LogP contribution < -0.4 is 4.72 Å². The summed E-state index contributed by atoms with van der Waals surface area (Å²) in [5.41, 5.74) is 3.10. The van der Waals surface area contributed by atoms with Crippen LogP contribution in [-0.4, -0.2) is 28.2 Å². The minimum atomic E-state index is -3.75. The van der Waals surface area contributed by atoms with Crippen molar-refractivity contribution < 1.29 is 8.42 Å². The van der Waals surface area contributed by atoms with Gasteiger partial charge in [0.05, 0.1) is 10.6 Å². The Labute approximate surface area is 170 Å². The van der Waals surface area contributed by atoms with Gasteiger partial charge < -0.3 is 0 Å². The molecule has 0 saturated heterocycles. The van der Waals surface area contributed by atoms with Gasteiger partial charge in [-0.25, -0.2) is 8.42 Å². The fourth-order valence-electron chi connectivity index (χ4n) is 2.83. The number of hydrogen-bond donors (Lipinski definition) is 1. The summed E-state index contributed by atoms with van der Waals surface area (Å²) in [4.78, 5) is 0.204. The maximum Gasteiger partial charge on any atom is 0.262 e. The first-order valence-electron chi connectivity index (χ1n) is 8.42. The summed E-state index contributed by atoms with van der Waals surface area (Å²) in [6.07, 6.45) is 0. The molecule has 142 valence electrons. The monoisotopic (exact) mass is 457 g/mol. The van der Waals surface area contributed by atoms with Gasteiger partial charge in [0.1, 0.15) is 0 Å². The van der Waals surface area contributed by atoms with Crippen molar-refractivity contribution in [2.24, 2.45) is 0 Å². The highest BCUT2D eigenvalue weighted by Gasteiger charge is 2.18. The minimum Gasteiger partial charge on any atom is -0.280 e. The molecule has 2 heterocycles. The molecule has 1 N–H and O–H groups in total. The van der Waals surface area contributed by atoms with Gasteiger partial charge in [-0.3, -0.25) is 4.72 Å². The predicted molar refractivity (Wildman–Crippen MR) is 111 cm³/mol. The van der Waals surface area contributed by atoms with E-state index in [1.807, 2.05) is 13.0 Å². The van der Waals surface area contributed by atoms with E-state index in [1.54, 1.807) is 60.0 Å². The van der Waals surface area contributed by atoms with Crippen molar-refractivity contribution in [3.63, 3.8) is 0 Å². The summed E-state index contributed by atoms with van der Waals surface area (Å²) in [6, 6.07) is 15.8. The summed E-state index contributed by atoms with van der Waals surface area (Å²) < 4.78 is 31.0. The van der Waals surface area contributed by atoms with Crippen molar-refractivity contribution in [1.82, 2.24) is 19.8 Å². The normalized spacial score (nSPS) is 11.7. The average molecular weight is 458 g/mol. The molecule has 4 aromatic rings. The second-order valence-electron chi connectivity index (χ2n) is 6.33. The van der Waals surface area contributed by atoms with Gasteiger partial charge in [0.25, 0.3) is 10.0 Å². The number of nitrogens with one attached hydrogen (secondary N) is 1. The predicted octanol–water partition coefficient (Wildman–Crippen LogP) is 3.97. The van der Waals surface area contributed by atoms with E-state index in [2.05, 4.69) is 35.9 Å². The Balaban J connectivity index is 1.75. The van der Waals surface area contributed by atoms with Gasteiger partial charge in [0.2, 0.25) is 0 Å². The maximum absolute atomic E-state index is 12.9. The van der Waals surface area contributed by atoms with Gasteiger partial charge in [0.15, 0.2) is 11.5 Å². The highest BCUT2D eigenvalue weighted by Crippen LogP contribution is 2.26. The Hall–Kier alpha value is -2.78. The van der Waals surface area contributed by atoms with E-state index < -0.39 is 10.0 Å². The molecule has 0 saturated carbocycles. The summed E-state index contributed by atoms with van der Waals surface area (Å²) in [5.74, 6) is 0.661. The lowest BCUT2D eigenvalue weighted by atomic mass is 10.1. The number of aryl methyl sites for hydroxylation is 2. The number of hydrogen-bond acceptors (Lipinski definition) is 5. The number of rotatable bonds is 4. The lowest BCUT2D eigenvalue weighted by molar-refractivity contribution is 0.600. The van der Waals surface area contributed by atoms with Crippen molar-refractivity contribution in [3.05, 3.63) is 70.5 Å². The van der Waals surface area contributed by atoms with Crippen LogP contribution in [0.1, 0.15) is 11.4 Å². The lowest BCUT2D eigenvalue weighted by Crippen LogP contribution is -2.14. The molecule has 7 nitrogen and oxygen atoms in total. The summed E-state index contributed by atoms with van der Waals surface area (Å²) in [7, 11) is -3.75. The molecule has 0 spiro atoms. The summed E-state index contributed by atoms with van der Waals surface area (Å²) >= 11 is 3.34. The zero-order chi connectivity index (χ0) is 19.9. The van der Waals surface area contributed by atoms with Crippen LogP contribution in [0.15, 0.2) is 64.0 Å². The van der Waals surface area contributed by atoms with Gasteiger partial charge in [0, 0.05) is 15.7 Å². The number of fused-ring (bicyclic) bond motifs is 1. The fourth-order valence-corrected chi connectivity index (χ4v) is 4.42. The minimum absolute atomic E-state index is 0.204. The average Bonchev–Trinajstić information content (AvgIpc) is 3.04. The van der Waals surface area contributed by atoms with E-state index in [1.165, 1.54) is 0 Å². The Kier molecular flexibility index (Phi) is 4.64. The Bertz CT molecular complexity index is 1280. The number of nitrogens with zero attached hydrogens (tertiary/aromatic N) is 4. The summed E-state index contributed by atoms with van der Waals surface area (Å²) in [6.45, 7) is 3.57. The third-order valence-electron chi connectivity index (χ3n) is 4.29. The van der Waals surface area contributed by atoms with Crippen molar-refractivity contribution in [2.75, 3.05) is 4.72 Å². The first kappa shape index (κ1) is 18.6. The van der Waals surface area contributed by atoms with Gasteiger partial charge in [-0.05, 0) is 61.9 Å². The quantitative estimate of drug-likeness (QED) is 0.500. The highest BCUT2D eigenvalue weighted by molar-refractivity contribution is 9.10. The molecule has 0 aliphatic rings.